The normalized spacial score (nSPS) is 11.9. The largest absolute Gasteiger partial charge is 0.351 e. The van der Waals surface area contributed by atoms with E-state index in [0.717, 1.165) is 26.5 Å². The molecule has 9 heteroatoms. The molecule has 2 aromatic heterocycles. The summed E-state index contributed by atoms with van der Waals surface area (Å²) in [5.41, 5.74) is 0. The number of carbonyl (C=O) groups is 1. The summed E-state index contributed by atoms with van der Waals surface area (Å²) in [7, 11) is -3.66. The Labute approximate surface area is 123 Å². The number of thioether (sulfide) groups is 1. The number of rotatable bonds is 5. The van der Waals surface area contributed by atoms with Crippen LogP contribution in [0.1, 0.15) is 9.67 Å². The molecule has 0 aliphatic carbocycles. The second-order valence-electron chi connectivity index (χ2n) is 3.71. The molecule has 5 nitrogen and oxygen atoms in total. The topological polar surface area (TPSA) is 89.3 Å². The van der Waals surface area contributed by atoms with Gasteiger partial charge in [-0.15, -0.1) is 22.7 Å². The van der Waals surface area contributed by atoms with Gasteiger partial charge in [0.2, 0.25) is 10.0 Å². The van der Waals surface area contributed by atoms with Crippen molar-refractivity contribution in [3.05, 3.63) is 17.0 Å². The minimum absolute atomic E-state index is 0.125. The quantitative estimate of drug-likeness (QED) is 0.813. The van der Waals surface area contributed by atoms with Crippen molar-refractivity contribution in [1.29, 1.82) is 0 Å². The predicted octanol–water partition coefficient (Wildman–Crippen LogP) is 1.70. The SMILES string of the molecule is CSCCNC(=O)c1cc2cc(S(N)(=O)=O)sc2s1. The molecule has 0 bridgehead atoms. The number of fused-ring (bicyclic) bond motifs is 1. The van der Waals surface area contributed by atoms with E-state index in [1.807, 2.05) is 6.26 Å². The fourth-order valence-electron chi connectivity index (χ4n) is 1.42. The molecule has 0 aliphatic rings. The summed E-state index contributed by atoms with van der Waals surface area (Å²) < 4.78 is 23.3. The fraction of sp³-hybridized carbons (Fsp3) is 0.300. The van der Waals surface area contributed by atoms with Gasteiger partial charge in [0.05, 0.1) is 8.89 Å². The van der Waals surface area contributed by atoms with Crippen LogP contribution in [0.2, 0.25) is 0 Å². The van der Waals surface area contributed by atoms with Gasteiger partial charge in [0.15, 0.2) is 0 Å². The number of carbonyl (C=O) groups excluding carboxylic acids is 1. The van der Waals surface area contributed by atoms with Crippen LogP contribution in [0.4, 0.5) is 0 Å². The lowest BCUT2D eigenvalue weighted by molar-refractivity contribution is 0.0960. The van der Waals surface area contributed by atoms with Crippen LogP contribution >= 0.6 is 34.4 Å². The van der Waals surface area contributed by atoms with Crippen LogP contribution in [0.15, 0.2) is 16.3 Å². The molecule has 3 N–H and O–H groups in total. The summed E-state index contributed by atoms with van der Waals surface area (Å²) in [6.45, 7) is 0.619. The van der Waals surface area contributed by atoms with E-state index < -0.39 is 10.0 Å². The molecule has 0 saturated heterocycles. The highest BCUT2D eigenvalue weighted by Crippen LogP contribution is 2.35. The van der Waals surface area contributed by atoms with Crippen LogP contribution in [0, 0.1) is 0 Å². The fourth-order valence-corrected chi connectivity index (χ4v) is 4.99. The lowest BCUT2D eigenvalue weighted by Gasteiger charge is -2.00. The van der Waals surface area contributed by atoms with Crippen LogP contribution in [0.5, 0.6) is 0 Å². The summed E-state index contributed by atoms with van der Waals surface area (Å²) in [5.74, 6) is 0.737. The molecule has 0 saturated carbocycles. The van der Waals surface area contributed by atoms with Crippen LogP contribution in [-0.2, 0) is 10.0 Å². The maximum atomic E-state index is 11.8. The Hall–Kier alpha value is -0.610. The zero-order valence-electron chi connectivity index (χ0n) is 10.0. The first-order chi connectivity index (χ1) is 8.91. The molecule has 1 amide bonds. The van der Waals surface area contributed by atoms with Gasteiger partial charge in [-0.2, -0.15) is 11.8 Å². The van der Waals surface area contributed by atoms with Crippen molar-refractivity contribution in [1.82, 2.24) is 5.32 Å². The molecular formula is C10H12N2O3S4. The van der Waals surface area contributed by atoms with E-state index >= 15 is 0 Å². The second kappa shape index (κ2) is 5.80. The van der Waals surface area contributed by atoms with Gasteiger partial charge in [0.25, 0.3) is 5.91 Å². The summed E-state index contributed by atoms with van der Waals surface area (Å²) in [4.78, 5) is 12.4. The summed E-state index contributed by atoms with van der Waals surface area (Å²) in [5, 5.41) is 8.62. The smallest absolute Gasteiger partial charge is 0.261 e. The standard InChI is InChI=1S/C10H12N2O3S4/c1-16-3-2-12-9(13)7-4-6-5-8(19(11,14)15)18-10(6)17-7/h4-5H,2-3H2,1H3,(H,12,13)(H2,11,14,15). The van der Waals surface area contributed by atoms with Crippen molar-refractivity contribution >= 4 is 59.8 Å². The highest BCUT2D eigenvalue weighted by molar-refractivity contribution is 7.98. The molecule has 0 radical (unpaired) electrons. The predicted molar refractivity (Wildman–Crippen MR) is 81.8 cm³/mol. The van der Waals surface area contributed by atoms with Crippen molar-refractivity contribution in [2.24, 2.45) is 5.14 Å². The molecule has 2 heterocycles. The Kier molecular flexibility index (Phi) is 4.51. The van der Waals surface area contributed by atoms with Gasteiger partial charge in [0, 0.05) is 17.7 Å². The van der Waals surface area contributed by atoms with Crippen LogP contribution in [0.25, 0.3) is 9.40 Å². The number of hydrogen-bond acceptors (Lipinski definition) is 6. The maximum absolute atomic E-state index is 11.8. The number of sulfonamides is 1. The first kappa shape index (κ1) is 14.8. The summed E-state index contributed by atoms with van der Waals surface area (Å²) >= 11 is 4.03. The third kappa shape index (κ3) is 3.48. The Morgan fingerprint density at radius 3 is 2.74 bits per heavy atom. The van der Waals surface area contributed by atoms with E-state index in [-0.39, 0.29) is 10.1 Å². The highest BCUT2D eigenvalue weighted by Gasteiger charge is 2.16. The molecule has 0 aromatic carbocycles. The van der Waals surface area contributed by atoms with E-state index in [2.05, 4.69) is 5.32 Å². The molecule has 0 atom stereocenters. The lowest BCUT2D eigenvalue weighted by atomic mass is 10.3. The number of primary sulfonamides is 1. The van der Waals surface area contributed by atoms with Crippen molar-refractivity contribution < 1.29 is 13.2 Å². The van der Waals surface area contributed by atoms with Crippen molar-refractivity contribution in [2.75, 3.05) is 18.6 Å². The summed E-state index contributed by atoms with van der Waals surface area (Å²) in [6, 6.07) is 3.20. The van der Waals surface area contributed by atoms with E-state index in [1.165, 1.54) is 17.4 Å². The second-order valence-corrected chi connectivity index (χ2v) is 8.85. The third-order valence-corrected chi connectivity index (χ3v) is 6.71. The van der Waals surface area contributed by atoms with Crippen LogP contribution in [0.3, 0.4) is 0 Å². The first-order valence-corrected chi connectivity index (χ1v) is 9.82. The van der Waals surface area contributed by atoms with Crippen LogP contribution < -0.4 is 10.5 Å². The Morgan fingerprint density at radius 1 is 1.42 bits per heavy atom. The first-order valence-electron chi connectivity index (χ1n) is 5.25. The van der Waals surface area contributed by atoms with E-state index in [9.17, 15) is 13.2 Å². The van der Waals surface area contributed by atoms with Crippen LogP contribution in [-0.4, -0.2) is 32.9 Å². The number of hydrogen-bond donors (Lipinski definition) is 2. The minimum atomic E-state index is -3.66. The number of nitrogens with two attached hydrogens (primary N) is 1. The molecule has 104 valence electrons. The number of amides is 1. The van der Waals surface area contributed by atoms with Crippen molar-refractivity contribution in [3.63, 3.8) is 0 Å². The maximum Gasteiger partial charge on any atom is 0.261 e. The van der Waals surface area contributed by atoms with E-state index in [4.69, 9.17) is 5.14 Å². The molecular weight excluding hydrogens is 324 g/mol. The average molecular weight is 336 g/mol. The molecule has 0 aliphatic heterocycles. The van der Waals surface area contributed by atoms with Gasteiger partial charge < -0.3 is 5.32 Å². The Morgan fingerprint density at radius 2 is 2.16 bits per heavy atom. The third-order valence-electron chi connectivity index (χ3n) is 2.29. The van der Waals surface area contributed by atoms with Gasteiger partial charge >= 0.3 is 0 Å². The zero-order valence-corrected chi connectivity index (χ0v) is 13.3. The minimum Gasteiger partial charge on any atom is -0.351 e. The number of thiophene rings is 2. The Balaban J connectivity index is 2.19. The summed E-state index contributed by atoms with van der Waals surface area (Å²) in [6.07, 6.45) is 1.97. The van der Waals surface area contributed by atoms with Gasteiger partial charge in [0.1, 0.15) is 4.21 Å². The zero-order chi connectivity index (χ0) is 14.0. The van der Waals surface area contributed by atoms with Gasteiger partial charge in [-0.05, 0) is 18.4 Å². The molecule has 0 unspecified atom stereocenters. The molecule has 0 spiro atoms. The Bertz CT molecular complexity index is 670. The molecule has 0 fully saturated rings. The van der Waals surface area contributed by atoms with E-state index in [0.29, 0.717) is 11.4 Å². The van der Waals surface area contributed by atoms with Gasteiger partial charge in [-0.1, -0.05) is 0 Å². The lowest BCUT2D eigenvalue weighted by Crippen LogP contribution is -2.24. The average Bonchev–Trinajstić information content (AvgIpc) is 2.85. The highest BCUT2D eigenvalue weighted by atomic mass is 32.2. The van der Waals surface area contributed by atoms with Gasteiger partial charge in [-0.25, -0.2) is 13.6 Å². The monoisotopic (exact) mass is 336 g/mol. The van der Waals surface area contributed by atoms with Crippen molar-refractivity contribution in [3.8, 4) is 0 Å². The van der Waals surface area contributed by atoms with Crippen molar-refractivity contribution in [2.45, 2.75) is 4.21 Å². The molecule has 2 aromatic rings. The molecule has 19 heavy (non-hydrogen) atoms. The van der Waals surface area contributed by atoms with E-state index in [1.54, 1.807) is 17.8 Å². The molecule has 2 rings (SSSR count). The van der Waals surface area contributed by atoms with Gasteiger partial charge in [-0.3, -0.25) is 4.79 Å². The number of nitrogens with one attached hydrogen (secondary N) is 1.